The van der Waals surface area contributed by atoms with Crippen LogP contribution in [0.5, 0.6) is 0 Å². The lowest BCUT2D eigenvalue weighted by atomic mass is 10.1. The van der Waals surface area contributed by atoms with E-state index in [0.29, 0.717) is 37.9 Å². The van der Waals surface area contributed by atoms with Crippen molar-refractivity contribution in [3.8, 4) is 11.4 Å². The summed E-state index contributed by atoms with van der Waals surface area (Å²) in [4.78, 5) is 0. The molecule has 3 aromatic rings. The lowest BCUT2D eigenvalue weighted by Gasteiger charge is -2.20. The lowest BCUT2D eigenvalue weighted by molar-refractivity contribution is -0.137. The third-order valence-corrected chi connectivity index (χ3v) is 5.39. The van der Waals surface area contributed by atoms with Crippen molar-refractivity contribution in [2.45, 2.75) is 11.3 Å². The summed E-state index contributed by atoms with van der Waals surface area (Å²) in [7, 11) is 0. The van der Waals surface area contributed by atoms with Gasteiger partial charge in [-0.2, -0.15) is 13.2 Å². The first-order valence-corrected chi connectivity index (χ1v) is 9.19. The number of aromatic nitrogens is 3. The van der Waals surface area contributed by atoms with E-state index in [1.165, 1.54) is 17.8 Å². The van der Waals surface area contributed by atoms with E-state index in [0.717, 1.165) is 12.1 Å². The van der Waals surface area contributed by atoms with E-state index < -0.39 is 11.7 Å². The van der Waals surface area contributed by atoms with E-state index in [2.05, 4.69) is 15.6 Å². The zero-order valence-electron chi connectivity index (χ0n) is 13.3. The number of thioether (sulfide) groups is 1. The summed E-state index contributed by atoms with van der Waals surface area (Å²) in [5, 5.41) is 11.2. The average Bonchev–Trinajstić information content (AvgIpc) is 3.06. The molecule has 10 heteroatoms. The monoisotopic (exact) mass is 428 g/mol. The van der Waals surface area contributed by atoms with Crippen LogP contribution < -0.4 is 5.43 Å². The Morgan fingerprint density at radius 2 is 1.78 bits per heavy atom. The molecule has 138 valence electrons. The molecule has 0 radical (unpaired) electrons. The first-order chi connectivity index (χ1) is 12.8. The lowest BCUT2D eigenvalue weighted by Crippen LogP contribution is -2.18. The molecule has 1 aliphatic heterocycles. The van der Waals surface area contributed by atoms with Gasteiger partial charge in [0.15, 0.2) is 5.82 Å². The molecule has 0 fully saturated rings. The molecule has 4 nitrogen and oxygen atoms in total. The maximum atomic E-state index is 13.0. The van der Waals surface area contributed by atoms with Crippen molar-refractivity contribution in [2.24, 2.45) is 0 Å². The van der Waals surface area contributed by atoms with Crippen LogP contribution in [0, 0.1) is 0 Å². The van der Waals surface area contributed by atoms with Gasteiger partial charge < -0.3 is 0 Å². The van der Waals surface area contributed by atoms with Crippen LogP contribution in [0.15, 0.2) is 53.0 Å². The molecule has 4 rings (SSSR count). The Morgan fingerprint density at radius 3 is 2.52 bits per heavy atom. The molecule has 0 atom stereocenters. The number of nitrogens with zero attached hydrogens (tertiary/aromatic N) is 3. The largest absolute Gasteiger partial charge is 0.416 e. The van der Waals surface area contributed by atoms with Gasteiger partial charge in [0, 0.05) is 16.5 Å². The van der Waals surface area contributed by atoms with Gasteiger partial charge in [0.25, 0.3) is 0 Å². The highest BCUT2D eigenvalue weighted by Crippen LogP contribution is 2.35. The minimum Gasteiger partial charge on any atom is -0.289 e. The molecule has 2 aromatic carbocycles. The van der Waals surface area contributed by atoms with E-state index in [1.807, 2.05) is 0 Å². The van der Waals surface area contributed by atoms with Gasteiger partial charge in [-0.3, -0.25) is 5.43 Å². The molecular formula is C17H9Cl2F3N4S. The van der Waals surface area contributed by atoms with Crippen molar-refractivity contribution >= 4 is 40.7 Å². The molecule has 0 bridgehead atoms. The zero-order valence-corrected chi connectivity index (χ0v) is 15.6. The maximum absolute atomic E-state index is 13.0. The van der Waals surface area contributed by atoms with Crippen LogP contribution in [0.1, 0.15) is 11.1 Å². The molecule has 1 aromatic heterocycles. The van der Waals surface area contributed by atoms with E-state index in [4.69, 9.17) is 23.2 Å². The third kappa shape index (κ3) is 3.52. The van der Waals surface area contributed by atoms with Crippen molar-refractivity contribution in [2.75, 3.05) is 5.43 Å². The second kappa shape index (κ2) is 6.78. The van der Waals surface area contributed by atoms with Gasteiger partial charge in [0.05, 0.1) is 21.3 Å². The van der Waals surface area contributed by atoms with Crippen LogP contribution in [0.2, 0.25) is 10.0 Å². The number of halogens is 5. The summed E-state index contributed by atoms with van der Waals surface area (Å²) in [5.74, 6) is 0.466. The number of rotatable bonds is 2. The number of fused-ring (bicyclic) bond motifs is 1. The third-order valence-electron chi connectivity index (χ3n) is 3.83. The summed E-state index contributed by atoms with van der Waals surface area (Å²) in [6.07, 6.45) is -4.41. The predicted molar refractivity (Wildman–Crippen MR) is 100 cm³/mol. The van der Waals surface area contributed by atoms with E-state index in [9.17, 15) is 13.2 Å². The van der Waals surface area contributed by atoms with E-state index in [-0.39, 0.29) is 0 Å². The highest BCUT2D eigenvalue weighted by Gasteiger charge is 2.31. The van der Waals surface area contributed by atoms with E-state index in [1.54, 1.807) is 34.3 Å². The topological polar surface area (TPSA) is 42.7 Å². The van der Waals surface area contributed by atoms with Crippen molar-refractivity contribution in [1.82, 2.24) is 14.9 Å². The number of hydrogen-bond donors (Lipinski definition) is 1. The minimum absolute atomic E-state index is 0.364. The molecule has 0 amide bonds. The van der Waals surface area contributed by atoms with Gasteiger partial charge in [0.2, 0.25) is 5.16 Å². The number of alkyl halides is 3. The standard InChI is InChI=1S/C17H9Cl2F3N4S/c18-12-5-4-10(7-13(12)19)15-23-24-16-26(15)25-14(8-27-16)9-2-1-3-11(6-9)17(20,21)22/h1-8,25H. The van der Waals surface area contributed by atoms with Crippen LogP contribution >= 0.6 is 35.0 Å². The van der Waals surface area contributed by atoms with Crippen molar-refractivity contribution in [3.63, 3.8) is 0 Å². The maximum Gasteiger partial charge on any atom is 0.416 e. The highest BCUT2D eigenvalue weighted by atomic mass is 35.5. The highest BCUT2D eigenvalue weighted by molar-refractivity contribution is 8.02. The Kier molecular flexibility index (Phi) is 4.57. The first kappa shape index (κ1) is 18.2. The van der Waals surface area contributed by atoms with Crippen molar-refractivity contribution < 1.29 is 13.2 Å². The van der Waals surface area contributed by atoms with Crippen molar-refractivity contribution in [3.05, 3.63) is 69.0 Å². The molecule has 0 unspecified atom stereocenters. The number of hydrogen-bond acceptors (Lipinski definition) is 4. The normalized spacial score (nSPS) is 13.7. The fourth-order valence-corrected chi connectivity index (χ4v) is 3.56. The summed E-state index contributed by atoms with van der Waals surface area (Å²) < 4.78 is 40.6. The average molecular weight is 429 g/mol. The summed E-state index contributed by atoms with van der Waals surface area (Å²) in [5.41, 5.74) is 3.91. The Hall–Kier alpha value is -2.16. The summed E-state index contributed by atoms with van der Waals surface area (Å²) in [6.45, 7) is 0. The van der Waals surface area contributed by atoms with Gasteiger partial charge in [0.1, 0.15) is 0 Å². The molecule has 0 saturated carbocycles. The SMILES string of the molecule is FC(F)(F)c1cccc(C2=CSc3nnc(-c4ccc(Cl)c(Cl)c4)n3N2)c1. The first-order valence-electron chi connectivity index (χ1n) is 7.55. The van der Waals surface area contributed by atoms with E-state index >= 15 is 0 Å². The Balaban J connectivity index is 1.69. The summed E-state index contributed by atoms with van der Waals surface area (Å²) >= 11 is 13.3. The molecule has 1 aliphatic rings. The van der Waals surface area contributed by atoms with Gasteiger partial charge in [-0.25, -0.2) is 4.68 Å². The fourth-order valence-electron chi connectivity index (χ4n) is 2.52. The number of benzene rings is 2. The summed E-state index contributed by atoms with van der Waals surface area (Å²) in [6, 6.07) is 10.1. The molecule has 0 spiro atoms. The van der Waals surface area contributed by atoms with Crippen LogP contribution in [-0.2, 0) is 6.18 Å². The smallest absolute Gasteiger partial charge is 0.289 e. The van der Waals surface area contributed by atoms with Gasteiger partial charge >= 0.3 is 6.18 Å². The Bertz CT molecular complexity index is 1060. The number of nitrogens with one attached hydrogen (secondary N) is 1. The molecule has 2 heterocycles. The second-order valence-electron chi connectivity index (χ2n) is 5.61. The van der Waals surface area contributed by atoms with Crippen LogP contribution in [0.25, 0.3) is 17.1 Å². The molecule has 27 heavy (non-hydrogen) atoms. The fraction of sp³-hybridized carbons (Fsp3) is 0.0588. The molecule has 0 aliphatic carbocycles. The molecular weight excluding hydrogens is 420 g/mol. The minimum atomic E-state index is -4.41. The van der Waals surface area contributed by atoms with Crippen molar-refractivity contribution in [1.29, 1.82) is 0 Å². The quantitative estimate of drug-likeness (QED) is 0.550. The van der Waals surface area contributed by atoms with Gasteiger partial charge in [-0.05, 0) is 30.3 Å². The molecule has 0 saturated heterocycles. The van der Waals surface area contributed by atoms with Gasteiger partial charge in [-0.1, -0.05) is 47.1 Å². The van der Waals surface area contributed by atoms with Gasteiger partial charge in [-0.15, -0.1) is 10.2 Å². The second-order valence-corrected chi connectivity index (χ2v) is 7.26. The Labute approximate surface area is 166 Å². The Morgan fingerprint density at radius 1 is 0.963 bits per heavy atom. The zero-order chi connectivity index (χ0) is 19.2. The molecule has 1 N–H and O–H groups in total. The van der Waals surface area contributed by atoms with Crippen LogP contribution in [0.3, 0.4) is 0 Å². The van der Waals surface area contributed by atoms with Crippen LogP contribution in [-0.4, -0.2) is 14.9 Å². The van der Waals surface area contributed by atoms with Crippen LogP contribution in [0.4, 0.5) is 13.2 Å². The predicted octanol–water partition coefficient (Wildman–Crippen LogP) is 5.92.